The van der Waals surface area contributed by atoms with Crippen LogP contribution in [0, 0.1) is 0 Å². The predicted molar refractivity (Wildman–Crippen MR) is 82.4 cm³/mol. The average Bonchev–Trinajstić information content (AvgIpc) is 2.43. The molecule has 0 spiro atoms. The molecule has 0 bridgehead atoms. The van der Waals surface area contributed by atoms with E-state index in [-0.39, 0.29) is 11.4 Å². The Hall–Kier alpha value is -0.860. The molecule has 0 heterocycles. The first kappa shape index (κ1) is 18.2. The highest BCUT2D eigenvalue weighted by atomic mass is 35.5. The molecule has 0 aromatic heterocycles. The highest BCUT2D eigenvalue weighted by Gasteiger charge is 2.22. The van der Waals surface area contributed by atoms with Crippen LogP contribution in [-0.2, 0) is 21.3 Å². The van der Waals surface area contributed by atoms with Gasteiger partial charge in [-0.1, -0.05) is 11.6 Å². The van der Waals surface area contributed by atoms with E-state index in [1.807, 2.05) is 0 Å². The second-order valence-electron chi connectivity index (χ2n) is 4.37. The molecule has 1 aromatic carbocycles. The van der Waals surface area contributed by atoms with Crippen LogP contribution in [-0.4, -0.2) is 42.8 Å². The highest BCUT2D eigenvalue weighted by molar-refractivity contribution is 7.89. The van der Waals surface area contributed by atoms with Crippen LogP contribution in [0.4, 0.5) is 0 Å². The first-order valence-corrected chi connectivity index (χ1v) is 8.32. The van der Waals surface area contributed by atoms with Crippen molar-refractivity contribution in [2.45, 2.75) is 17.9 Å². The van der Waals surface area contributed by atoms with Gasteiger partial charge in [0.2, 0.25) is 10.0 Å². The van der Waals surface area contributed by atoms with Gasteiger partial charge in [-0.15, -0.1) is 0 Å². The lowest BCUT2D eigenvalue weighted by Crippen LogP contribution is -2.26. The number of halogens is 1. The third-order valence-corrected chi connectivity index (χ3v) is 4.46. The molecule has 8 heteroatoms. The Balaban J connectivity index is 3.09. The van der Waals surface area contributed by atoms with Gasteiger partial charge >= 0.3 is 0 Å². The van der Waals surface area contributed by atoms with Gasteiger partial charge in [0, 0.05) is 37.4 Å². The van der Waals surface area contributed by atoms with Crippen LogP contribution in [0.3, 0.4) is 0 Å². The summed E-state index contributed by atoms with van der Waals surface area (Å²) in [6.07, 6.45) is 0.585. The molecule has 6 nitrogen and oxygen atoms in total. The molecule has 0 saturated heterocycles. The molecule has 1 aromatic rings. The molecular weight excluding hydrogens is 316 g/mol. The van der Waals surface area contributed by atoms with Crippen molar-refractivity contribution >= 4 is 21.6 Å². The number of nitrogens with one attached hydrogen (secondary N) is 2. The van der Waals surface area contributed by atoms with E-state index in [4.69, 9.17) is 21.1 Å². The molecule has 21 heavy (non-hydrogen) atoms. The third-order valence-electron chi connectivity index (χ3n) is 2.77. The second kappa shape index (κ2) is 8.55. The zero-order valence-corrected chi connectivity index (χ0v) is 14.0. The zero-order chi connectivity index (χ0) is 15.9. The van der Waals surface area contributed by atoms with Crippen LogP contribution in [0.1, 0.15) is 12.0 Å². The molecule has 0 aliphatic carbocycles. The maximum Gasteiger partial charge on any atom is 0.244 e. The summed E-state index contributed by atoms with van der Waals surface area (Å²) in [5.41, 5.74) is 0.685. The molecule has 2 N–H and O–H groups in total. The SMILES string of the molecule is CNCc1cc(Cl)cc(S(=O)(=O)NCCCOC)c1OC. The number of hydrogen-bond donors (Lipinski definition) is 2. The second-order valence-corrected chi connectivity index (χ2v) is 6.54. The van der Waals surface area contributed by atoms with Crippen molar-refractivity contribution in [2.24, 2.45) is 0 Å². The van der Waals surface area contributed by atoms with E-state index in [0.29, 0.717) is 35.9 Å². The molecule has 120 valence electrons. The van der Waals surface area contributed by atoms with Crippen LogP contribution in [0.15, 0.2) is 17.0 Å². The topological polar surface area (TPSA) is 76.7 Å². The van der Waals surface area contributed by atoms with Crippen molar-refractivity contribution in [1.29, 1.82) is 0 Å². The molecule has 1 rings (SSSR count). The minimum absolute atomic E-state index is 0.0418. The molecule has 0 amide bonds. The van der Waals surface area contributed by atoms with Gasteiger partial charge in [-0.25, -0.2) is 13.1 Å². The van der Waals surface area contributed by atoms with E-state index in [1.54, 1.807) is 20.2 Å². The maximum absolute atomic E-state index is 12.4. The zero-order valence-electron chi connectivity index (χ0n) is 12.4. The summed E-state index contributed by atoms with van der Waals surface area (Å²) in [5, 5.41) is 3.30. The van der Waals surface area contributed by atoms with Crippen LogP contribution in [0.5, 0.6) is 5.75 Å². The summed E-state index contributed by atoms with van der Waals surface area (Å²) in [6, 6.07) is 3.07. The summed E-state index contributed by atoms with van der Waals surface area (Å²) < 4.78 is 37.4. The summed E-state index contributed by atoms with van der Waals surface area (Å²) in [7, 11) is 1.08. The van der Waals surface area contributed by atoms with Crippen LogP contribution in [0.25, 0.3) is 0 Å². The summed E-state index contributed by atoms with van der Waals surface area (Å²) in [5.74, 6) is 0.299. The van der Waals surface area contributed by atoms with Crippen molar-refractivity contribution in [3.05, 3.63) is 22.7 Å². The quantitative estimate of drug-likeness (QED) is 0.666. The normalized spacial score (nSPS) is 11.6. The van der Waals surface area contributed by atoms with Gasteiger partial charge < -0.3 is 14.8 Å². The van der Waals surface area contributed by atoms with E-state index in [2.05, 4.69) is 10.0 Å². The standard InChI is InChI=1S/C13H21ClN2O4S/c1-15-9-10-7-11(14)8-12(13(10)20-3)21(17,18)16-5-4-6-19-2/h7-8,15-16H,4-6,9H2,1-3H3. The molecule has 0 aliphatic rings. The average molecular weight is 337 g/mol. The number of methoxy groups -OCH3 is 2. The number of sulfonamides is 1. The van der Waals surface area contributed by atoms with Crippen molar-refractivity contribution in [1.82, 2.24) is 10.0 Å². The van der Waals surface area contributed by atoms with Gasteiger partial charge in [0.25, 0.3) is 0 Å². The Morgan fingerprint density at radius 2 is 2.00 bits per heavy atom. The number of hydrogen-bond acceptors (Lipinski definition) is 5. The Bertz CT molecular complexity index is 564. The van der Waals surface area contributed by atoms with Crippen molar-refractivity contribution in [3.8, 4) is 5.75 Å². The first-order chi connectivity index (χ1) is 9.96. The predicted octanol–water partition coefficient (Wildman–Crippen LogP) is 1.38. The Morgan fingerprint density at radius 1 is 1.29 bits per heavy atom. The molecule has 0 aliphatic heterocycles. The van der Waals surface area contributed by atoms with Crippen molar-refractivity contribution < 1.29 is 17.9 Å². The summed E-state index contributed by atoms with van der Waals surface area (Å²) >= 11 is 6.01. The van der Waals surface area contributed by atoms with Gasteiger partial charge in [-0.2, -0.15) is 0 Å². The van der Waals surface area contributed by atoms with E-state index in [0.717, 1.165) is 0 Å². The van der Waals surface area contributed by atoms with Gasteiger partial charge in [0.05, 0.1) is 7.11 Å². The lowest BCUT2D eigenvalue weighted by Gasteiger charge is -2.15. The number of benzene rings is 1. The van der Waals surface area contributed by atoms with Gasteiger partial charge in [-0.3, -0.25) is 0 Å². The van der Waals surface area contributed by atoms with E-state index in [1.165, 1.54) is 13.2 Å². The fourth-order valence-corrected chi connectivity index (χ4v) is 3.49. The van der Waals surface area contributed by atoms with Gasteiger partial charge in [0.15, 0.2) is 0 Å². The van der Waals surface area contributed by atoms with Crippen LogP contribution < -0.4 is 14.8 Å². The van der Waals surface area contributed by atoms with E-state index in [9.17, 15) is 8.42 Å². The fraction of sp³-hybridized carbons (Fsp3) is 0.538. The maximum atomic E-state index is 12.4. The highest BCUT2D eigenvalue weighted by Crippen LogP contribution is 2.31. The molecule has 0 fully saturated rings. The lowest BCUT2D eigenvalue weighted by molar-refractivity contribution is 0.196. The largest absolute Gasteiger partial charge is 0.495 e. The summed E-state index contributed by atoms with van der Waals surface area (Å²) in [4.78, 5) is 0.0418. The Kier molecular flexibility index (Phi) is 7.41. The van der Waals surface area contributed by atoms with Crippen LogP contribution >= 0.6 is 11.6 Å². The number of rotatable bonds is 9. The molecule has 0 atom stereocenters. The minimum atomic E-state index is -3.69. The molecule has 0 unspecified atom stereocenters. The monoisotopic (exact) mass is 336 g/mol. The van der Waals surface area contributed by atoms with Crippen molar-refractivity contribution in [3.63, 3.8) is 0 Å². The van der Waals surface area contributed by atoms with Crippen molar-refractivity contribution in [2.75, 3.05) is 34.4 Å². The van der Waals surface area contributed by atoms with E-state index >= 15 is 0 Å². The van der Waals surface area contributed by atoms with Crippen LogP contribution in [0.2, 0.25) is 5.02 Å². The van der Waals surface area contributed by atoms with Gasteiger partial charge in [0.1, 0.15) is 10.6 Å². The molecule has 0 saturated carbocycles. The van der Waals surface area contributed by atoms with E-state index < -0.39 is 10.0 Å². The first-order valence-electron chi connectivity index (χ1n) is 6.46. The fourth-order valence-electron chi connectivity index (χ4n) is 1.88. The Morgan fingerprint density at radius 3 is 2.57 bits per heavy atom. The third kappa shape index (κ3) is 5.12. The minimum Gasteiger partial charge on any atom is -0.495 e. The summed E-state index contributed by atoms with van der Waals surface area (Å²) in [6.45, 7) is 1.23. The molecular formula is C13H21ClN2O4S. The molecule has 0 radical (unpaired) electrons. The Labute approximate surface area is 130 Å². The number of ether oxygens (including phenoxy) is 2. The smallest absolute Gasteiger partial charge is 0.244 e. The lowest BCUT2D eigenvalue weighted by atomic mass is 10.2. The van der Waals surface area contributed by atoms with Gasteiger partial charge in [-0.05, 0) is 25.6 Å².